The molecule has 2 saturated heterocycles. The summed E-state index contributed by atoms with van der Waals surface area (Å²) in [4.78, 5) is 28.8. The highest BCUT2D eigenvalue weighted by Crippen LogP contribution is 2.18. The first-order chi connectivity index (χ1) is 12.1. The van der Waals surface area contributed by atoms with Crippen LogP contribution in [0.3, 0.4) is 0 Å². The molecule has 2 aliphatic heterocycles. The maximum absolute atomic E-state index is 12.4. The van der Waals surface area contributed by atoms with Crippen LogP contribution in [-0.4, -0.2) is 60.9 Å². The Balaban J connectivity index is 1.57. The van der Waals surface area contributed by atoms with Gasteiger partial charge in [-0.05, 0) is 70.5 Å². The molecule has 1 unspecified atom stereocenters. The molecule has 2 amide bonds. The van der Waals surface area contributed by atoms with E-state index in [9.17, 15) is 9.59 Å². The van der Waals surface area contributed by atoms with Gasteiger partial charge in [-0.25, -0.2) is 0 Å². The molecule has 25 heavy (non-hydrogen) atoms. The Morgan fingerprint density at radius 3 is 2.56 bits per heavy atom. The van der Waals surface area contributed by atoms with Crippen LogP contribution in [0.4, 0.5) is 0 Å². The van der Waals surface area contributed by atoms with Gasteiger partial charge in [0.1, 0.15) is 0 Å². The van der Waals surface area contributed by atoms with Crippen molar-refractivity contribution >= 4 is 11.8 Å². The normalized spacial score (nSPS) is 22.8. The lowest BCUT2D eigenvalue weighted by atomic mass is 9.96. The number of nitrogens with one attached hydrogen (secondary N) is 1. The van der Waals surface area contributed by atoms with Gasteiger partial charge in [0.05, 0.1) is 5.92 Å². The first-order valence-corrected chi connectivity index (χ1v) is 10.4. The quantitative estimate of drug-likeness (QED) is 0.684. The average Bonchev–Trinajstić information content (AvgIpc) is 2.63. The van der Waals surface area contributed by atoms with Crippen molar-refractivity contribution in [1.29, 1.82) is 0 Å². The van der Waals surface area contributed by atoms with Crippen LogP contribution in [0.25, 0.3) is 0 Å². The van der Waals surface area contributed by atoms with Crippen molar-refractivity contribution in [2.75, 3.05) is 39.3 Å². The first kappa shape index (κ1) is 20.2. The van der Waals surface area contributed by atoms with E-state index in [1.807, 2.05) is 11.8 Å². The predicted molar refractivity (Wildman–Crippen MR) is 101 cm³/mol. The first-order valence-electron chi connectivity index (χ1n) is 10.4. The Labute approximate surface area is 153 Å². The standard InChI is InChI=1S/C20H37N3O2/c1-3-7-19(24)23-13-6-8-18(16-23)20(25)21-11-4-5-12-22-14-9-17(2)10-15-22/h17-18H,3-16H2,1-2H3,(H,21,25). The largest absolute Gasteiger partial charge is 0.356 e. The van der Waals surface area contributed by atoms with Crippen LogP contribution in [0, 0.1) is 11.8 Å². The summed E-state index contributed by atoms with van der Waals surface area (Å²) in [6.07, 6.45) is 8.18. The summed E-state index contributed by atoms with van der Waals surface area (Å²) in [5.41, 5.74) is 0. The molecule has 0 saturated carbocycles. The van der Waals surface area contributed by atoms with Gasteiger partial charge in [0.2, 0.25) is 11.8 Å². The maximum Gasteiger partial charge on any atom is 0.224 e. The summed E-state index contributed by atoms with van der Waals surface area (Å²) in [5, 5.41) is 3.09. The van der Waals surface area contributed by atoms with Crippen molar-refractivity contribution in [1.82, 2.24) is 15.1 Å². The van der Waals surface area contributed by atoms with Gasteiger partial charge in [0, 0.05) is 26.1 Å². The van der Waals surface area contributed by atoms with Gasteiger partial charge in [-0.3, -0.25) is 9.59 Å². The molecule has 2 rings (SSSR count). The van der Waals surface area contributed by atoms with Gasteiger partial charge in [0.25, 0.3) is 0 Å². The van der Waals surface area contributed by atoms with E-state index in [-0.39, 0.29) is 17.7 Å². The summed E-state index contributed by atoms with van der Waals surface area (Å²) in [5.74, 6) is 1.21. The van der Waals surface area contributed by atoms with Gasteiger partial charge in [-0.2, -0.15) is 0 Å². The Kier molecular flexibility index (Phi) is 8.73. The molecule has 0 aromatic carbocycles. The van der Waals surface area contributed by atoms with Crippen molar-refractivity contribution in [2.24, 2.45) is 11.8 Å². The molecule has 0 aromatic rings. The van der Waals surface area contributed by atoms with Crippen LogP contribution in [-0.2, 0) is 9.59 Å². The highest BCUT2D eigenvalue weighted by Gasteiger charge is 2.27. The van der Waals surface area contributed by atoms with Crippen LogP contribution < -0.4 is 5.32 Å². The summed E-state index contributed by atoms with van der Waals surface area (Å²) in [7, 11) is 0. The lowest BCUT2D eigenvalue weighted by Crippen LogP contribution is -2.45. The molecular weight excluding hydrogens is 314 g/mol. The zero-order chi connectivity index (χ0) is 18.1. The molecule has 2 heterocycles. The molecule has 0 aliphatic carbocycles. The summed E-state index contributed by atoms with van der Waals surface area (Å²) >= 11 is 0. The fraction of sp³-hybridized carbons (Fsp3) is 0.900. The third-order valence-corrected chi connectivity index (χ3v) is 5.69. The SMILES string of the molecule is CCCC(=O)N1CCCC(C(=O)NCCCCN2CCC(C)CC2)C1. The second-order valence-electron chi connectivity index (χ2n) is 7.95. The summed E-state index contributed by atoms with van der Waals surface area (Å²) in [6, 6.07) is 0. The minimum absolute atomic E-state index is 0.0156. The molecule has 0 radical (unpaired) electrons. The molecule has 144 valence electrons. The van der Waals surface area contributed by atoms with Crippen LogP contribution >= 0.6 is 0 Å². The van der Waals surface area contributed by atoms with E-state index >= 15 is 0 Å². The van der Waals surface area contributed by atoms with Crippen molar-refractivity contribution in [3.05, 3.63) is 0 Å². The van der Waals surface area contributed by atoms with Crippen molar-refractivity contribution < 1.29 is 9.59 Å². The molecule has 0 aromatic heterocycles. The zero-order valence-corrected chi connectivity index (χ0v) is 16.3. The highest BCUT2D eigenvalue weighted by atomic mass is 16.2. The smallest absolute Gasteiger partial charge is 0.224 e. The van der Waals surface area contributed by atoms with Crippen LogP contribution in [0.15, 0.2) is 0 Å². The number of likely N-dealkylation sites (tertiary alicyclic amines) is 2. The second kappa shape index (κ2) is 10.8. The molecular formula is C20H37N3O2. The van der Waals surface area contributed by atoms with Gasteiger partial charge < -0.3 is 15.1 Å². The van der Waals surface area contributed by atoms with Crippen LogP contribution in [0.1, 0.15) is 65.2 Å². The van der Waals surface area contributed by atoms with Crippen molar-refractivity contribution in [2.45, 2.75) is 65.2 Å². The maximum atomic E-state index is 12.4. The highest BCUT2D eigenvalue weighted by molar-refractivity contribution is 5.81. The average molecular weight is 352 g/mol. The lowest BCUT2D eigenvalue weighted by molar-refractivity contribution is -0.135. The third kappa shape index (κ3) is 6.96. The number of carbonyl (C=O) groups is 2. The molecule has 0 bridgehead atoms. The minimum Gasteiger partial charge on any atom is -0.356 e. The van der Waals surface area contributed by atoms with E-state index in [0.29, 0.717) is 13.0 Å². The van der Waals surface area contributed by atoms with Gasteiger partial charge in [0.15, 0.2) is 0 Å². The minimum atomic E-state index is -0.0156. The molecule has 5 nitrogen and oxygen atoms in total. The van der Waals surface area contributed by atoms with Gasteiger partial charge >= 0.3 is 0 Å². The molecule has 2 aliphatic rings. The van der Waals surface area contributed by atoms with E-state index in [2.05, 4.69) is 17.1 Å². The molecule has 2 fully saturated rings. The van der Waals surface area contributed by atoms with Crippen molar-refractivity contribution in [3.8, 4) is 0 Å². The predicted octanol–water partition coefficient (Wildman–Crippen LogP) is 2.65. The zero-order valence-electron chi connectivity index (χ0n) is 16.3. The summed E-state index contributed by atoms with van der Waals surface area (Å²) < 4.78 is 0. The number of amides is 2. The third-order valence-electron chi connectivity index (χ3n) is 5.69. The van der Waals surface area contributed by atoms with E-state index in [1.54, 1.807) is 0 Å². The number of piperidine rings is 2. The topological polar surface area (TPSA) is 52.7 Å². The van der Waals surface area contributed by atoms with Gasteiger partial charge in [-0.1, -0.05) is 13.8 Å². The Bertz CT molecular complexity index is 419. The van der Waals surface area contributed by atoms with E-state index in [1.165, 1.54) is 25.9 Å². The Morgan fingerprint density at radius 2 is 1.84 bits per heavy atom. The number of unbranched alkanes of at least 4 members (excludes halogenated alkanes) is 1. The van der Waals surface area contributed by atoms with E-state index in [4.69, 9.17) is 0 Å². The lowest BCUT2D eigenvalue weighted by Gasteiger charge is -2.32. The Hall–Kier alpha value is -1.10. The van der Waals surface area contributed by atoms with Crippen LogP contribution in [0.5, 0.6) is 0 Å². The molecule has 1 N–H and O–H groups in total. The number of hydrogen-bond donors (Lipinski definition) is 1. The monoisotopic (exact) mass is 351 g/mol. The van der Waals surface area contributed by atoms with E-state index in [0.717, 1.165) is 57.7 Å². The number of carbonyl (C=O) groups excluding carboxylic acids is 2. The number of hydrogen-bond acceptors (Lipinski definition) is 3. The fourth-order valence-electron chi connectivity index (χ4n) is 3.89. The Morgan fingerprint density at radius 1 is 1.08 bits per heavy atom. The number of nitrogens with zero attached hydrogens (tertiary/aromatic N) is 2. The fourth-order valence-corrected chi connectivity index (χ4v) is 3.89. The number of rotatable bonds is 8. The molecule has 1 atom stereocenters. The molecule has 5 heteroatoms. The van der Waals surface area contributed by atoms with Crippen LogP contribution in [0.2, 0.25) is 0 Å². The summed E-state index contributed by atoms with van der Waals surface area (Å²) in [6.45, 7) is 10.2. The van der Waals surface area contributed by atoms with E-state index < -0.39 is 0 Å². The molecule has 0 spiro atoms. The second-order valence-corrected chi connectivity index (χ2v) is 7.95. The van der Waals surface area contributed by atoms with Crippen molar-refractivity contribution in [3.63, 3.8) is 0 Å². The van der Waals surface area contributed by atoms with Gasteiger partial charge in [-0.15, -0.1) is 0 Å².